The molecule has 2 aliphatic heterocycles. The molecule has 0 bridgehead atoms. The van der Waals surface area contributed by atoms with Gasteiger partial charge in [0.05, 0.1) is 19.3 Å². The lowest BCUT2D eigenvalue weighted by molar-refractivity contribution is -0.184. The van der Waals surface area contributed by atoms with Gasteiger partial charge in [0.15, 0.2) is 0 Å². The molecule has 0 amide bonds. The Morgan fingerprint density at radius 3 is 2.62 bits per heavy atom. The van der Waals surface area contributed by atoms with Crippen molar-refractivity contribution in [3.8, 4) is 0 Å². The van der Waals surface area contributed by atoms with E-state index in [-0.39, 0.29) is 0 Å². The van der Waals surface area contributed by atoms with Crippen molar-refractivity contribution in [3.63, 3.8) is 0 Å². The van der Waals surface area contributed by atoms with Crippen molar-refractivity contribution < 1.29 is 13.2 Å². The normalized spacial score (nSPS) is 28.9. The maximum absolute atomic E-state index is 13.0. The van der Waals surface area contributed by atoms with Crippen LogP contribution < -0.4 is 16.1 Å². The fourth-order valence-corrected chi connectivity index (χ4v) is 5.53. The number of allylic oxidation sites excluding steroid dienone is 1. The number of alkyl halides is 3. The van der Waals surface area contributed by atoms with Gasteiger partial charge in [-0.05, 0) is 96.0 Å². The molecule has 3 rings (SSSR count). The van der Waals surface area contributed by atoms with Crippen LogP contribution in [0.4, 0.5) is 13.2 Å². The van der Waals surface area contributed by atoms with Gasteiger partial charge >= 0.3 is 6.18 Å². The third-order valence-electron chi connectivity index (χ3n) is 7.20. The lowest BCUT2D eigenvalue weighted by Crippen LogP contribution is -2.40. The van der Waals surface area contributed by atoms with E-state index in [1.165, 1.54) is 12.0 Å². The largest absolute Gasteiger partial charge is 0.391 e. The molecule has 1 unspecified atom stereocenters. The second-order valence-corrected chi connectivity index (χ2v) is 9.51. The average molecular weight is 458 g/mol. The van der Waals surface area contributed by atoms with Crippen LogP contribution in [0.15, 0.2) is 23.8 Å². The van der Waals surface area contributed by atoms with Crippen LogP contribution in [0.2, 0.25) is 0 Å². The maximum Gasteiger partial charge on any atom is 0.391 e. The van der Waals surface area contributed by atoms with Crippen LogP contribution in [-0.4, -0.2) is 68.2 Å². The molecule has 5 nitrogen and oxygen atoms in total. The Bertz CT molecular complexity index is 593. The van der Waals surface area contributed by atoms with E-state index in [0.717, 1.165) is 78.2 Å². The van der Waals surface area contributed by atoms with E-state index in [0.29, 0.717) is 24.8 Å². The quantitative estimate of drug-likeness (QED) is 0.323. The minimum absolute atomic E-state index is 0.327. The van der Waals surface area contributed by atoms with Gasteiger partial charge in [-0.15, -0.1) is 0 Å². The van der Waals surface area contributed by atoms with Gasteiger partial charge < -0.3 is 10.2 Å². The number of likely N-dealkylation sites (tertiary alicyclic amines) is 1. The lowest BCUT2D eigenvalue weighted by atomic mass is 9.77. The van der Waals surface area contributed by atoms with E-state index in [4.69, 9.17) is 0 Å². The number of hydrogen-bond donors (Lipinski definition) is 3. The zero-order valence-corrected chi connectivity index (χ0v) is 19.6. The van der Waals surface area contributed by atoms with E-state index in [2.05, 4.69) is 51.1 Å². The van der Waals surface area contributed by atoms with Gasteiger partial charge in [0, 0.05) is 12.6 Å². The van der Waals surface area contributed by atoms with Gasteiger partial charge in [-0.1, -0.05) is 18.2 Å². The van der Waals surface area contributed by atoms with Gasteiger partial charge in [0.25, 0.3) is 0 Å². The first-order chi connectivity index (χ1) is 15.5. The number of hydrogen-bond acceptors (Lipinski definition) is 5. The highest BCUT2D eigenvalue weighted by Crippen LogP contribution is 2.42. The van der Waals surface area contributed by atoms with Crippen molar-refractivity contribution in [1.29, 1.82) is 0 Å². The first-order valence-corrected chi connectivity index (χ1v) is 12.5. The molecular weight excluding hydrogens is 415 g/mol. The summed E-state index contributed by atoms with van der Waals surface area (Å²) in [5.41, 5.74) is 4.63. The highest BCUT2D eigenvalue weighted by atomic mass is 19.4. The molecule has 0 aromatic heterocycles. The Morgan fingerprint density at radius 1 is 1.12 bits per heavy atom. The van der Waals surface area contributed by atoms with Gasteiger partial charge in [-0.3, -0.25) is 5.32 Å². The Kier molecular flexibility index (Phi) is 10.5. The van der Waals surface area contributed by atoms with Crippen molar-refractivity contribution in [2.45, 2.75) is 70.5 Å². The highest BCUT2D eigenvalue weighted by Gasteiger charge is 2.43. The monoisotopic (exact) mass is 457 g/mol. The molecule has 1 saturated carbocycles. The Morgan fingerprint density at radius 2 is 1.94 bits per heavy atom. The second kappa shape index (κ2) is 13.1. The molecule has 3 N–H and O–H groups in total. The van der Waals surface area contributed by atoms with Crippen molar-refractivity contribution in [2.75, 3.05) is 46.1 Å². The predicted octanol–water partition coefficient (Wildman–Crippen LogP) is 4.02. The van der Waals surface area contributed by atoms with E-state index in [9.17, 15) is 13.2 Å². The molecule has 0 spiro atoms. The van der Waals surface area contributed by atoms with Crippen LogP contribution in [0.5, 0.6) is 0 Å². The van der Waals surface area contributed by atoms with Gasteiger partial charge in [0.2, 0.25) is 0 Å². The van der Waals surface area contributed by atoms with Gasteiger partial charge in [0.1, 0.15) is 0 Å². The molecule has 1 aliphatic carbocycles. The van der Waals surface area contributed by atoms with E-state index in [1.807, 2.05) is 0 Å². The molecule has 2 saturated heterocycles. The summed E-state index contributed by atoms with van der Waals surface area (Å²) in [7, 11) is 0. The third kappa shape index (κ3) is 8.13. The van der Waals surface area contributed by atoms with Crippen molar-refractivity contribution in [2.24, 2.45) is 11.8 Å². The number of hydrazine groups is 1. The van der Waals surface area contributed by atoms with Crippen LogP contribution in [0.25, 0.3) is 0 Å². The van der Waals surface area contributed by atoms with Crippen LogP contribution in [0.3, 0.4) is 0 Å². The molecule has 0 aromatic carbocycles. The number of nitrogens with zero attached hydrogens (tertiary/aromatic N) is 2. The second-order valence-electron chi connectivity index (χ2n) is 9.51. The summed E-state index contributed by atoms with van der Waals surface area (Å²) in [6.45, 7) is 8.79. The van der Waals surface area contributed by atoms with E-state index < -0.39 is 12.1 Å². The topological polar surface area (TPSA) is 42.6 Å². The highest BCUT2D eigenvalue weighted by molar-refractivity contribution is 5.20. The van der Waals surface area contributed by atoms with Crippen LogP contribution >= 0.6 is 0 Å². The Balaban J connectivity index is 1.29. The molecule has 3 fully saturated rings. The summed E-state index contributed by atoms with van der Waals surface area (Å²) < 4.78 is 38.9. The summed E-state index contributed by atoms with van der Waals surface area (Å²) in [6, 6.07) is 0.504. The Labute approximate surface area is 191 Å². The number of halogens is 3. The van der Waals surface area contributed by atoms with Crippen molar-refractivity contribution >= 4 is 0 Å². The van der Waals surface area contributed by atoms with Crippen LogP contribution in [0, 0.1) is 11.8 Å². The molecule has 1 atom stereocenters. The predicted molar refractivity (Wildman–Crippen MR) is 124 cm³/mol. The molecule has 2 heterocycles. The molecule has 32 heavy (non-hydrogen) atoms. The SMILES string of the molecule is C/C=C\C(=C/CCNCCCN1CCCC1C1CCC(C(F)(F)F)CC1)CN1CNCN1. The minimum Gasteiger partial charge on any atom is -0.316 e. The zero-order chi connectivity index (χ0) is 22.8. The molecular formula is C24H42F3N5. The summed E-state index contributed by atoms with van der Waals surface area (Å²) in [5, 5.41) is 9.00. The zero-order valence-electron chi connectivity index (χ0n) is 19.6. The Hall–Kier alpha value is -0.930. The minimum atomic E-state index is -4.00. The van der Waals surface area contributed by atoms with Gasteiger partial charge in [-0.25, -0.2) is 10.4 Å². The fourth-order valence-electron chi connectivity index (χ4n) is 5.53. The smallest absolute Gasteiger partial charge is 0.316 e. The summed E-state index contributed by atoms with van der Waals surface area (Å²) in [6.07, 6.45) is 9.17. The molecule has 3 aliphatic rings. The van der Waals surface area contributed by atoms with Crippen molar-refractivity contribution in [1.82, 2.24) is 26.0 Å². The van der Waals surface area contributed by atoms with E-state index in [1.54, 1.807) is 0 Å². The summed E-state index contributed by atoms with van der Waals surface area (Å²) in [5.74, 6) is -0.608. The standard InChI is InChI=1S/C24H42F3N5/c1-2-6-20(17-32-19-29-18-30-32)7-3-13-28-14-5-16-31-15-4-8-23(31)21-9-11-22(12-10-21)24(25,26)27/h2,6-7,21-23,28-30H,3-5,8-19H2,1H3/b6-2-,20-7+. The number of rotatable bonds is 11. The summed E-state index contributed by atoms with van der Waals surface area (Å²) >= 11 is 0. The first kappa shape index (κ1) is 25.7. The molecule has 8 heteroatoms. The average Bonchev–Trinajstić information content (AvgIpc) is 3.44. The molecule has 0 radical (unpaired) electrons. The maximum atomic E-state index is 13.0. The number of nitrogens with one attached hydrogen (secondary N) is 3. The van der Waals surface area contributed by atoms with Crippen molar-refractivity contribution in [3.05, 3.63) is 23.8 Å². The fraction of sp³-hybridized carbons (Fsp3) is 0.833. The summed E-state index contributed by atoms with van der Waals surface area (Å²) in [4.78, 5) is 2.56. The van der Waals surface area contributed by atoms with Crippen LogP contribution in [0.1, 0.15) is 58.3 Å². The first-order valence-electron chi connectivity index (χ1n) is 12.5. The lowest BCUT2D eigenvalue weighted by Gasteiger charge is -2.37. The van der Waals surface area contributed by atoms with Gasteiger partial charge in [-0.2, -0.15) is 13.2 Å². The molecule has 184 valence electrons. The van der Waals surface area contributed by atoms with E-state index >= 15 is 0 Å². The molecule has 0 aromatic rings. The van der Waals surface area contributed by atoms with Crippen LogP contribution in [-0.2, 0) is 0 Å². The third-order valence-corrected chi connectivity index (χ3v) is 7.20.